The predicted molar refractivity (Wildman–Crippen MR) is 72.0 cm³/mol. The fourth-order valence-corrected chi connectivity index (χ4v) is 1.63. The van der Waals surface area contributed by atoms with Crippen LogP contribution in [0.2, 0.25) is 0 Å². The average molecular weight is 235 g/mol. The van der Waals surface area contributed by atoms with E-state index in [4.69, 9.17) is 11.5 Å². The summed E-state index contributed by atoms with van der Waals surface area (Å²) in [5.74, 6) is -0.443. The number of carbonyl (C=O) groups is 1. The van der Waals surface area contributed by atoms with Gasteiger partial charge in [0.25, 0.3) is 5.91 Å². The number of hydrogen-bond donors (Lipinski definition) is 3. The lowest BCUT2D eigenvalue weighted by atomic mass is 9.94. The zero-order valence-electron chi connectivity index (χ0n) is 10.7. The summed E-state index contributed by atoms with van der Waals surface area (Å²) >= 11 is 0. The maximum absolute atomic E-state index is 11.3. The minimum atomic E-state index is -0.443. The minimum Gasteiger partial charge on any atom is -0.399 e. The van der Waals surface area contributed by atoms with Gasteiger partial charge in [-0.25, -0.2) is 0 Å². The van der Waals surface area contributed by atoms with Gasteiger partial charge in [-0.1, -0.05) is 13.8 Å². The maximum Gasteiger partial charge on any atom is 0.250 e. The average Bonchev–Trinajstić information content (AvgIpc) is 2.28. The van der Waals surface area contributed by atoms with Crippen molar-refractivity contribution in [2.24, 2.45) is 5.73 Å². The second-order valence-corrected chi connectivity index (χ2v) is 4.56. The highest BCUT2D eigenvalue weighted by molar-refractivity contribution is 5.99. The van der Waals surface area contributed by atoms with Crippen molar-refractivity contribution in [2.75, 3.05) is 11.1 Å². The summed E-state index contributed by atoms with van der Waals surface area (Å²) in [6.07, 6.45) is 1.91. The van der Waals surface area contributed by atoms with E-state index in [2.05, 4.69) is 26.1 Å². The summed E-state index contributed by atoms with van der Waals surface area (Å²) in [5.41, 5.74) is 12.8. The fraction of sp³-hybridized carbons (Fsp3) is 0.462. The number of carbonyl (C=O) groups excluding carboxylic acids is 1. The summed E-state index contributed by atoms with van der Waals surface area (Å²) in [6.45, 7) is 6.32. The molecule has 1 aromatic carbocycles. The molecule has 0 aromatic heterocycles. The Morgan fingerprint density at radius 1 is 1.35 bits per heavy atom. The van der Waals surface area contributed by atoms with Crippen LogP contribution in [0.4, 0.5) is 11.4 Å². The van der Waals surface area contributed by atoms with Gasteiger partial charge in [0.15, 0.2) is 0 Å². The summed E-state index contributed by atoms with van der Waals surface area (Å²) < 4.78 is 0. The van der Waals surface area contributed by atoms with Crippen LogP contribution < -0.4 is 16.8 Å². The summed E-state index contributed by atoms with van der Waals surface area (Å²) in [6, 6.07) is 5.09. The largest absolute Gasteiger partial charge is 0.399 e. The monoisotopic (exact) mass is 235 g/mol. The standard InChI is InChI=1S/C13H21N3O/c1-4-13(3,5-2)16-11-8-9(14)6-7-10(11)12(15)17/h6-8,16H,4-5,14H2,1-3H3,(H2,15,17). The maximum atomic E-state index is 11.3. The van der Waals surface area contributed by atoms with E-state index in [1.165, 1.54) is 0 Å². The third-order valence-electron chi connectivity index (χ3n) is 3.31. The van der Waals surface area contributed by atoms with Crippen molar-refractivity contribution in [1.82, 2.24) is 0 Å². The van der Waals surface area contributed by atoms with Crippen LogP contribution in [0.1, 0.15) is 44.0 Å². The van der Waals surface area contributed by atoms with Crippen molar-refractivity contribution >= 4 is 17.3 Å². The molecule has 1 rings (SSSR count). The number of nitrogens with one attached hydrogen (secondary N) is 1. The molecule has 17 heavy (non-hydrogen) atoms. The Balaban J connectivity index is 3.12. The van der Waals surface area contributed by atoms with Gasteiger partial charge < -0.3 is 16.8 Å². The highest BCUT2D eigenvalue weighted by Crippen LogP contribution is 2.26. The molecule has 0 spiro atoms. The van der Waals surface area contributed by atoms with Crippen LogP contribution in [0.5, 0.6) is 0 Å². The molecule has 4 nitrogen and oxygen atoms in total. The highest BCUT2D eigenvalue weighted by atomic mass is 16.1. The molecule has 5 N–H and O–H groups in total. The summed E-state index contributed by atoms with van der Waals surface area (Å²) in [7, 11) is 0. The number of primary amides is 1. The van der Waals surface area contributed by atoms with Crippen LogP contribution >= 0.6 is 0 Å². The van der Waals surface area contributed by atoms with Crippen LogP contribution in [0.25, 0.3) is 0 Å². The van der Waals surface area contributed by atoms with Crippen molar-refractivity contribution in [3.05, 3.63) is 23.8 Å². The van der Waals surface area contributed by atoms with Crippen LogP contribution in [0.15, 0.2) is 18.2 Å². The van der Waals surface area contributed by atoms with E-state index in [9.17, 15) is 4.79 Å². The van der Waals surface area contributed by atoms with Crippen molar-refractivity contribution in [1.29, 1.82) is 0 Å². The second-order valence-electron chi connectivity index (χ2n) is 4.56. The first-order valence-electron chi connectivity index (χ1n) is 5.89. The first-order chi connectivity index (χ1) is 7.91. The summed E-state index contributed by atoms with van der Waals surface area (Å²) in [4.78, 5) is 11.3. The quantitative estimate of drug-likeness (QED) is 0.685. The second kappa shape index (κ2) is 5.08. The number of hydrogen-bond acceptors (Lipinski definition) is 3. The van der Waals surface area contributed by atoms with Gasteiger partial charge in [-0.15, -0.1) is 0 Å². The molecule has 0 radical (unpaired) electrons. The van der Waals surface area contributed by atoms with E-state index in [1.807, 2.05) is 0 Å². The minimum absolute atomic E-state index is 0.0575. The zero-order valence-corrected chi connectivity index (χ0v) is 10.7. The van der Waals surface area contributed by atoms with Crippen molar-refractivity contribution in [2.45, 2.75) is 39.2 Å². The first kappa shape index (κ1) is 13.4. The molecule has 1 aromatic rings. The van der Waals surface area contributed by atoms with E-state index in [-0.39, 0.29) is 5.54 Å². The molecular weight excluding hydrogens is 214 g/mol. The molecule has 0 atom stereocenters. The van der Waals surface area contributed by atoms with Gasteiger partial charge >= 0.3 is 0 Å². The molecule has 0 unspecified atom stereocenters. The van der Waals surface area contributed by atoms with Gasteiger partial charge in [0.1, 0.15) is 0 Å². The normalized spacial score (nSPS) is 11.2. The van der Waals surface area contributed by atoms with Gasteiger partial charge in [0, 0.05) is 16.9 Å². The van der Waals surface area contributed by atoms with E-state index < -0.39 is 5.91 Å². The first-order valence-corrected chi connectivity index (χ1v) is 5.89. The Bertz CT molecular complexity index is 411. The van der Waals surface area contributed by atoms with E-state index >= 15 is 0 Å². The lowest BCUT2D eigenvalue weighted by Crippen LogP contribution is -2.34. The number of anilines is 2. The predicted octanol–water partition coefficient (Wildman–Crippen LogP) is 2.36. The molecule has 0 aliphatic heterocycles. The Hall–Kier alpha value is -1.71. The molecular formula is C13H21N3O. The molecule has 0 aliphatic carbocycles. The van der Waals surface area contributed by atoms with Crippen LogP contribution in [-0.2, 0) is 0 Å². The van der Waals surface area contributed by atoms with Gasteiger partial charge in [-0.3, -0.25) is 4.79 Å². The van der Waals surface area contributed by atoms with Gasteiger partial charge in [-0.2, -0.15) is 0 Å². The van der Waals surface area contributed by atoms with Crippen LogP contribution in [0.3, 0.4) is 0 Å². The molecule has 0 saturated carbocycles. The highest BCUT2D eigenvalue weighted by Gasteiger charge is 2.21. The molecule has 0 aliphatic rings. The Kier molecular flexibility index (Phi) is 3.99. The molecule has 1 amide bonds. The van der Waals surface area contributed by atoms with Gasteiger partial charge in [0.2, 0.25) is 0 Å². The molecule has 94 valence electrons. The van der Waals surface area contributed by atoms with Gasteiger partial charge in [-0.05, 0) is 38.0 Å². The molecule has 0 heterocycles. The fourth-order valence-electron chi connectivity index (χ4n) is 1.63. The number of amides is 1. The summed E-state index contributed by atoms with van der Waals surface area (Å²) in [5, 5.41) is 3.36. The number of rotatable bonds is 5. The molecule has 0 saturated heterocycles. The van der Waals surface area contributed by atoms with Crippen LogP contribution in [-0.4, -0.2) is 11.4 Å². The Labute approximate surface area is 102 Å². The third kappa shape index (κ3) is 3.12. The Morgan fingerprint density at radius 2 is 1.94 bits per heavy atom. The molecule has 0 fully saturated rings. The SMILES string of the molecule is CCC(C)(CC)Nc1cc(N)ccc1C(N)=O. The van der Waals surface area contributed by atoms with Crippen molar-refractivity contribution < 1.29 is 4.79 Å². The third-order valence-corrected chi connectivity index (χ3v) is 3.31. The lowest BCUT2D eigenvalue weighted by Gasteiger charge is -2.30. The molecule has 0 bridgehead atoms. The smallest absolute Gasteiger partial charge is 0.250 e. The number of nitrogens with two attached hydrogens (primary N) is 2. The van der Waals surface area contributed by atoms with E-state index in [0.717, 1.165) is 12.8 Å². The van der Waals surface area contributed by atoms with Crippen LogP contribution in [0, 0.1) is 0 Å². The number of benzene rings is 1. The van der Waals surface area contributed by atoms with Gasteiger partial charge in [0.05, 0.1) is 5.56 Å². The van der Waals surface area contributed by atoms with E-state index in [0.29, 0.717) is 16.9 Å². The topological polar surface area (TPSA) is 81.1 Å². The Morgan fingerprint density at radius 3 is 2.41 bits per heavy atom. The molecule has 4 heteroatoms. The number of nitrogen functional groups attached to an aromatic ring is 1. The zero-order chi connectivity index (χ0) is 13.1. The van der Waals surface area contributed by atoms with Crippen molar-refractivity contribution in [3.8, 4) is 0 Å². The lowest BCUT2D eigenvalue weighted by molar-refractivity contribution is 0.100. The van der Waals surface area contributed by atoms with E-state index in [1.54, 1.807) is 18.2 Å². The van der Waals surface area contributed by atoms with Crippen molar-refractivity contribution in [3.63, 3.8) is 0 Å².